The van der Waals surface area contributed by atoms with Gasteiger partial charge in [-0.2, -0.15) is 0 Å². The lowest BCUT2D eigenvalue weighted by Gasteiger charge is -2.26. The van der Waals surface area contributed by atoms with Gasteiger partial charge < -0.3 is 5.32 Å². The third-order valence-electron chi connectivity index (χ3n) is 4.27. The van der Waals surface area contributed by atoms with Crippen LogP contribution in [0.3, 0.4) is 0 Å². The summed E-state index contributed by atoms with van der Waals surface area (Å²) in [6, 6.07) is 2.94. The minimum absolute atomic E-state index is 0.0800. The quantitative estimate of drug-likeness (QED) is 0.748. The number of aryl methyl sites for hydroxylation is 2. The van der Waals surface area contributed by atoms with Crippen molar-refractivity contribution >= 4 is 18.9 Å². The molecule has 0 spiro atoms. The summed E-state index contributed by atoms with van der Waals surface area (Å²) in [7, 11) is -1.27. The zero-order valence-electron chi connectivity index (χ0n) is 14.1. The first-order valence-corrected chi connectivity index (χ1v) is 10.6. The second kappa shape index (κ2) is 7.35. The van der Waals surface area contributed by atoms with Gasteiger partial charge in [-0.3, -0.25) is 4.79 Å². The van der Waals surface area contributed by atoms with Gasteiger partial charge in [0.05, 0.1) is 6.16 Å². The fourth-order valence-corrected chi connectivity index (χ4v) is 4.70. The van der Waals surface area contributed by atoms with E-state index >= 15 is 0 Å². The zero-order valence-corrected chi connectivity index (χ0v) is 15.0. The first-order valence-electron chi connectivity index (χ1n) is 7.63. The summed E-state index contributed by atoms with van der Waals surface area (Å²) >= 11 is 0. The van der Waals surface area contributed by atoms with E-state index in [-0.39, 0.29) is 17.4 Å². The van der Waals surface area contributed by atoms with Crippen LogP contribution in [0, 0.1) is 19.7 Å². The van der Waals surface area contributed by atoms with E-state index in [4.69, 9.17) is 0 Å². The molecule has 1 amide bonds. The molecule has 21 heavy (non-hydrogen) atoms. The maximum atomic E-state index is 13.4. The monoisotopic (exact) mass is 312 g/mol. The number of rotatable bonds is 6. The van der Waals surface area contributed by atoms with E-state index in [0.29, 0.717) is 0 Å². The number of anilines is 1. The molecule has 1 aromatic carbocycles. The topological polar surface area (TPSA) is 29.1 Å². The number of carbonyl (C=O) groups excluding carboxylic acids is 1. The predicted molar refractivity (Wildman–Crippen MR) is 92.5 cm³/mol. The molecule has 118 valence electrons. The van der Waals surface area contributed by atoms with Crippen LogP contribution in [-0.2, 0) is 4.79 Å². The summed E-state index contributed by atoms with van der Waals surface area (Å²) in [6.07, 6.45) is 2.98. The Kier molecular flexibility index (Phi) is 6.34. The van der Waals surface area contributed by atoms with E-state index in [1.165, 1.54) is 12.1 Å². The van der Waals surface area contributed by atoms with Crippen molar-refractivity contribution in [1.82, 2.24) is 0 Å². The molecule has 1 unspecified atom stereocenters. The van der Waals surface area contributed by atoms with Crippen molar-refractivity contribution in [2.75, 3.05) is 24.8 Å². The number of benzene rings is 1. The molecule has 0 heterocycles. The Bertz CT molecular complexity index is 491. The molecule has 1 N–H and O–H groups in total. The van der Waals surface area contributed by atoms with Crippen LogP contribution < -0.4 is 5.32 Å². The Labute approximate surface area is 128 Å². The molecule has 0 aromatic heterocycles. The van der Waals surface area contributed by atoms with E-state index in [1.807, 2.05) is 13.8 Å². The van der Waals surface area contributed by atoms with Crippen molar-refractivity contribution in [2.45, 2.75) is 46.2 Å². The highest BCUT2D eigenvalue weighted by Gasteiger charge is 2.39. The first-order chi connectivity index (χ1) is 9.72. The largest absolute Gasteiger partial charge is 0.322 e. The number of carbonyl (C=O) groups is 1. The molecule has 0 saturated heterocycles. The number of nitrogens with one attached hydrogen (secondary N) is 1. The first kappa shape index (κ1) is 18.1. The lowest BCUT2D eigenvalue weighted by atomic mass is 10.1. The van der Waals surface area contributed by atoms with E-state index in [1.54, 1.807) is 0 Å². The lowest BCUT2D eigenvalue weighted by molar-refractivity contribution is -0.116. The summed E-state index contributed by atoms with van der Waals surface area (Å²) in [6.45, 7) is 12.4. The highest BCUT2D eigenvalue weighted by molar-refractivity contribution is 7.76. The molecule has 0 fully saturated rings. The molecular formula is C17H28FNOP+. The molecule has 0 aliphatic carbocycles. The zero-order chi connectivity index (χ0) is 16.2. The summed E-state index contributed by atoms with van der Waals surface area (Å²) in [5, 5.41) is 3.05. The minimum atomic E-state index is -1.27. The van der Waals surface area contributed by atoms with Gasteiger partial charge in [-0.25, -0.2) is 4.39 Å². The molecule has 0 aliphatic heterocycles. The number of hydrogen-bond acceptors (Lipinski definition) is 1. The summed E-state index contributed by atoms with van der Waals surface area (Å²) in [5.74, 6) is -0.163. The number of amides is 1. The fourth-order valence-electron chi connectivity index (χ4n) is 2.61. The van der Waals surface area contributed by atoms with Crippen LogP contribution in [0.5, 0.6) is 0 Å². The maximum Gasteiger partial charge on any atom is 0.265 e. The molecular weight excluding hydrogens is 284 g/mol. The summed E-state index contributed by atoms with van der Waals surface area (Å²) < 4.78 is 13.4. The van der Waals surface area contributed by atoms with Gasteiger partial charge in [-0.1, -0.05) is 13.3 Å². The van der Waals surface area contributed by atoms with E-state index in [2.05, 4.69) is 32.5 Å². The molecule has 0 bridgehead atoms. The molecule has 0 saturated carbocycles. The summed E-state index contributed by atoms with van der Waals surface area (Å²) in [5.41, 5.74) is 2.41. The smallest absolute Gasteiger partial charge is 0.265 e. The van der Waals surface area contributed by atoms with E-state index in [9.17, 15) is 9.18 Å². The van der Waals surface area contributed by atoms with Crippen LogP contribution in [0.2, 0.25) is 0 Å². The van der Waals surface area contributed by atoms with Gasteiger partial charge in [0.1, 0.15) is 11.5 Å². The normalized spacial score (nSPS) is 13.1. The van der Waals surface area contributed by atoms with Crippen molar-refractivity contribution < 1.29 is 9.18 Å². The fraction of sp³-hybridized carbons (Fsp3) is 0.588. The Balaban J connectivity index is 3.03. The SMILES string of the molecule is CCCC(C(=O)Nc1c(C)cc(F)cc1C)[P+](C)(C)CC. The van der Waals surface area contributed by atoms with Crippen molar-refractivity contribution in [2.24, 2.45) is 0 Å². The Morgan fingerprint density at radius 1 is 1.24 bits per heavy atom. The van der Waals surface area contributed by atoms with Crippen LogP contribution in [0.15, 0.2) is 12.1 Å². The standard InChI is InChI=1S/C17H27FNOP/c1-7-9-15(21(5,6)8-2)17(20)19-16-12(3)10-14(18)11-13(16)4/h10-11,15H,7-9H2,1-6H3/p+1. The van der Waals surface area contributed by atoms with Crippen molar-refractivity contribution in [3.05, 3.63) is 29.1 Å². The number of halogens is 1. The van der Waals surface area contributed by atoms with Crippen LogP contribution in [0.1, 0.15) is 37.8 Å². The van der Waals surface area contributed by atoms with Crippen molar-refractivity contribution in [3.63, 3.8) is 0 Å². The van der Waals surface area contributed by atoms with Gasteiger partial charge in [0.2, 0.25) is 0 Å². The van der Waals surface area contributed by atoms with E-state index in [0.717, 1.165) is 35.8 Å². The van der Waals surface area contributed by atoms with Crippen LogP contribution in [0.4, 0.5) is 10.1 Å². The molecule has 0 radical (unpaired) electrons. The van der Waals surface area contributed by atoms with Gasteiger partial charge in [-0.05, 0) is 50.5 Å². The molecule has 4 heteroatoms. The minimum Gasteiger partial charge on any atom is -0.322 e. The number of hydrogen-bond donors (Lipinski definition) is 1. The average Bonchev–Trinajstić information content (AvgIpc) is 2.39. The molecule has 1 aromatic rings. The highest BCUT2D eigenvalue weighted by atomic mass is 31.2. The second-order valence-electron chi connectivity index (χ2n) is 6.30. The Morgan fingerprint density at radius 2 is 1.76 bits per heavy atom. The molecule has 0 aliphatic rings. The van der Waals surface area contributed by atoms with Gasteiger partial charge in [0, 0.05) is 26.3 Å². The van der Waals surface area contributed by atoms with Crippen molar-refractivity contribution in [3.8, 4) is 0 Å². The molecule has 1 atom stereocenters. The van der Waals surface area contributed by atoms with Crippen LogP contribution in [-0.4, -0.2) is 31.1 Å². The van der Waals surface area contributed by atoms with Gasteiger partial charge in [0.15, 0.2) is 0 Å². The third-order valence-corrected chi connectivity index (χ3v) is 8.08. The second-order valence-corrected chi connectivity index (χ2v) is 11.1. The van der Waals surface area contributed by atoms with Crippen molar-refractivity contribution in [1.29, 1.82) is 0 Å². The lowest BCUT2D eigenvalue weighted by Crippen LogP contribution is -2.31. The Hall–Kier alpha value is -0.950. The Morgan fingerprint density at radius 3 is 2.19 bits per heavy atom. The van der Waals surface area contributed by atoms with Gasteiger partial charge >= 0.3 is 0 Å². The van der Waals surface area contributed by atoms with Crippen LogP contribution >= 0.6 is 7.26 Å². The molecule has 1 rings (SSSR count). The highest BCUT2D eigenvalue weighted by Crippen LogP contribution is 2.57. The summed E-state index contributed by atoms with van der Waals surface area (Å²) in [4.78, 5) is 12.7. The maximum absolute atomic E-state index is 13.4. The van der Waals surface area contributed by atoms with Gasteiger partial charge in [0.25, 0.3) is 5.91 Å². The molecule has 2 nitrogen and oxygen atoms in total. The van der Waals surface area contributed by atoms with Crippen LogP contribution in [0.25, 0.3) is 0 Å². The van der Waals surface area contributed by atoms with Gasteiger partial charge in [-0.15, -0.1) is 0 Å². The van der Waals surface area contributed by atoms with E-state index < -0.39 is 7.26 Å². The predicted octanol–water partition coefficient (Wildman–Crippen LogP) is 4.85. The average molecular weight is 312 g/mol. The third kappa shape index (κ3) is 4.51.